The summed E-state index contributed by atoms with van der Waals surface area (Å²) in [6.07, 6.45) is 1.32. The van der Waals surface area contributed by atoms with E-state index in [-0.39, 0.29) is 31.4 Å². The number of nitrogens with one attached hydrogen (secondary N) is 1. The lowest BCUT2D eigenvalue weighted by Gasteiger charge is -2.32. The molecule has 2 N–H and O–H groups in total. The number of rotatable bonds is 11. The van der Waals surface area contributed by atoms with E-state index in [2.05, 4.69) is 5.32 Å². The fraction of sp³-hybridized carbons (Fsp3) is 0.259. The van der Waals surface area contributed by atoms with Crippen molar-refractivity contribution in [2.24, 2.45) is 0 Å². The topological polar surface area (TPSA) is 69.6 Å². The van der Waals surface area contributed by atoms with Crippen molar-refractivity contribution in [2.75, 3.05) is 13.2 Å². The second kappa shape index (κ2) is 12.8. The molecule has 0 spiro atoms. The maximum atomic E-state index is 13.5. The van der Waals surface area contributed by atoms with Gasteiger partial charge in [-0.15, -0.1) is 0 Å². The van der Waals surface area contributed by atoms with Crippen molar-refractivity contribution < 1.29 is 14.7 Å². The van der Waals surface area contributed by atoms with E-state index in [1.807, 2.05) is 72.8 Å². The molecule has 3 aromatic carbocycles. The first-order valence-electron chi connectivity index (χ1n) is 11.1. The number of benzene rings is 3. The Hall–Kier alpha value is -3.15. The first kappa shape index (κ1) is 24.5. The summed E-state index contributed by atoms with van der Waals surface area (Å²) in [7, 11) is 0. The summed E-state index contributed by atoms with van der Waals surface area (Å²) in [6, 6.07) is 25.7. The molecule has 0 fully saturated rings. The zero-order chi connectivity index (χ0) is 23.5. The molecule has 33 heavy (non-hydrogen) atoms. The highest BCUT2D eigenvalue weighted by Crippen LogP contribution is 2.25. The van der Waals surface area contributed by atoms with Crippen LogP contribution in [0.2, 0.25) is 5.02 Å². The zero-order valence-corrected chi connectivity index (χ0v) is 19.2. The normalized spacial score (nSPS) is 11.6. The van der Waals surface area contributed by atoms with Crippen LogP contribution in [0.1, 0.15) is 35.6 Å². The largest absolute Gasteiger partial charge is 0.396 e. The molecule has 0 aliphatic heterocycles. The van der Waals surface area contributed by atoms with Gasteiger partial charge in [0.05, 0.1) is 0 Å². The van der Waals surface area contributed by atoms with Crippen LogP contribution in [0.15, 0.2) is 84.9 Å². The highest BCUT2D eigenvalue weighted by molar-refractivity contribution is 6.30. The third-order valence-electron chi connectivity index (χ3n) is 5.37. The van der Waals surface area contributed by atoms with E-state index < -0.39 is 6.04 Å². The first-order valence-corrected chi connectivity index (χ1v) is 11.5. The van der Waals surface area contributed by atoms with Crippen molar-refractivity contribution in [3.63, 3.8) is 0 Å². The summed E-state index contributed by atoms with van der Waals surface area (Å²) in [5.74, 6) is -0.378. The lowest BCUT2D eigenvalue weighted by molar-refractivity contribution is -0.141. The Balaban J connectivity index is 1.90. The second-order valence-electron chi connectivity index (χ2n) is 7.82. The number of amides is 2. The monoisotopic (exact) mass is 464 g/mol. The average Bonchev–Trinajstić information content (AvgIpc) is 2.85. The van der Waals surface area contributed by atoms with E-state index in [9.17, 15) is 9.59 Å². The Morgan fingerprint density at radius 2 is 1.52 bits per heavy atom. The highest BCUT2D eigenvalue weighted by Gasteiger charge is 2.31. The fourth-order valence-corrected chi connectivity index (χ4v) is 3.77. The maximum Gasteiger partial charge on any atom is 0.247 e. The fourth-order valence-electron chi connectivity index (χ4n) is 3.65. The molecule has 1 atom stereocenters. The van der Waals surface area contributed by atoms with E-state index in [4.69, 9.17) is 16.7 Å². The number of aryl methyl sites for hydroxylation is 1. The Kier molecular flexibility index (Phi) is 9.48. The molecule has 0 saturated carbocycles. The third-order valence-corrected chi connectivity index (χ3v) is 5.62. The number of halogens is 1. The van der Waals surface area contributed by atoms with Crippen molar-refractivity contribution in [1.29, 1.82) is 0 Å². The van der Waals surface area contributed by atoms with Crippen LogP contribution in [-0.4, -0.2) is 35.0 Å². The lowest BCUT2D eigenvalue weighted by Crippen LogP contribution is -2.43. The molecule has 3 rings (SSSR count). The van der Waals surface area contributed by atoms with Gasteiger partial charge in [-0.25, -0.2) is 0 Å². The number of carbonyl (C=O) groups excluding carboxylic acids is 2. The van der Waals surface area contributed by atoms with E-state index >= 15 is 0 Å². The summed E-state index contributed by atoms with van der Waals surface area (Å²) < 4.78 is 0. The van der Waals surface area contributed by atoms with Crippen molar-refractivity contribution in [2.45, 2.75) is 31.8 Å². The number of hydrogen-bond acceptors (Lipinski definition) is 3. The number of carbonyl (C=O) groups is 2. The Labute approximate surface area is 200 Å². The van der Waals surface area contributed by atoms with Crippen LogP contribution in [-0.2, 0) is 22.6 Å². The maximum absolute atomic E-state index is 13.5. The van der Waals surface area contributed by atoms with Crippen LogP contribution in [0, 0.1) is 0 Å². The first-order chi connectivity index (χ1) is 16.1. The van der Waals surface area contributed by atoms with Crippen molar-refractivity contribution >= 4 is 23.4 Å². The summed E-state index contributed by atoms with van der Waals surface area (Å²) >= 11 is 6.04. The van der Waals surface area contributed by atoms with Gasteiger partial charge in [0.15, 0.2) is 0 Å². The van der Waals surface area contributed by atoms with Gasteiger partial charge in [0.1, 0.15) is 6.04 Å². The molecule has 0 radical (unpaired) electrons. The number of aliphatic hydroxyl groups is 1. The average molecular weight is 465 g/mol. The molecule has 5 nitrogen and oxygen atoms in total. The molecular formula is C27H29ClN2O3. The summed E-state index contributed by atoms with van der Waals surface area (Å²) in [5, 5.41) is 12.6. The van der Waals surface area contributed by atoms with Crippen LogP contribution in [0.4, 0.5) is 0 Å². The van der Waals surface area contributed by atoms with E-state index in [0.29, 0.717) is 24.4 Å². The molecule has 0 aromatic heterocycles. The molecule has 0 aliphatic rings. The van der Waals surface area contributed by atoms with Gasteiger partial charge < -0.3 is 15.3 Å². The molecule has 3 aromatic rings. The SMILES string of the molecule is O=C(NCCCO)[C@H](c1ccccc1)N(Cc1ccc(Cl)cc1)C(=O)CCc1ccccc1. The van der Waals surface area contributed by atoms with E-state index in [0.717, 1.165) is 16.7 Å². The Morgan fingerprint density at radius 3 is 2.15 bits per heavy atom. The van der Waals surface area contributed by atoms with Crippen LogP contribution in [0.25, 0.3) is 0 Å². The minimum absolute atomic E-state index is 0.0131. The predicted molar refractivity (Wildman–Crippen MR) is 131 cm³/mol. The number of hydrogen-bond donors (Lipinski definition) is 2. The second-order valence-corrected chi connectivity index (χ2v) is 8.25. The molecule has 6 heteroatoms. The van der Waals surface area contributed by atoms with Crippen LogP contribution in [0.5, 0.6) is 0 Å². The lowest BCUT2D eigenvalue weighted by atomic mass is 10.0. The zero-order valence-electron chi connectivity index (χ0n) is 18.5. The minimum Gasteiger partial charge on any atom is -0.396 e. The molecule has 0 heterocycles. The molecule has 2 amide bonds. The quantitative estimate of drug-likeness (QED) is 0.409. The van der Waals surface area contributed by atoms with Gasteiger partial charge >= 0.3 is 0 Å². The van der Waals surface area contributed by atoms with Gasteiger partial charge in [0.2, 0.25) is 11.8 Å². The number of aliphatic hydroxyl groups excluding tert-OH is 1. The standard InChI is InChI=1S/C27H29ClN2O3/c28-24-15-12-22(13-16-24)20-30(25(32)17-14-21-8-3-1-4-9-21)26(23-10-5-2-6-11-23)27(33)29-18-7-19-31/h1-6,8-13,15-16,26,31H,7,14,17-20H2,(H,29,33)/t26-/m0/s1. The van der Waals surface area contributed by atoms with Crippen molar-refractivity contribution in [3.05, 3.63) is 107 Å². The molecule has 0 saturated heterocycles. The van der Waals surface area contributed by atoms with Gasteiger partial charge in [0.25, 0.3) is 0 Å². The predicted octanol–water partition coefficient (Wildman–Crippen LogP) is 4.54. The highest BCUT2D eigenvalue weighted by atomic mass is 35.5. The van der Waals surface area contributed by atoms with E-state index in [1.165, 1.54) is 0 Å². The molecule has 0 unspecified atom stereocenters. The third kappa shape index (κ3) is 7.45. The summed E-state index contributed by atoms with van der Waals surface area (Å²) in [6.45, 7) is 0.601. The van der Waals surface area contributed by atoms with Gasteiger partial charge in [-0.3, -0.25) is 9.59 Å². The molecule has 0 aliphatic carbocycles. The molecule has 0 bridgehead atoms. The van der Waals surface area contributed by atoms with Crippen LogP contribution in [0.3, 0.4) is 0 Å². The molecule has 172 valence electrons. The van der Waals surface area contributed by atoms with Crippen LogP contribution < -0.4 is 5.32 Å². The summed E-state index contributed by atoms with van der Waals surface area (Å²) in [4.78, 5) is 28.4. The van der Waals surface area contributed by atoms with Gasteiger partial charge in [-0.05, 0) is 41.7 Å². The Morgan fingerprint density at radius 1 is 0.879 bits per heavy atom. The Bertz CT molecular complexity index is 1010. The summed E-state index contributed by atoms with van der Waals surface area (Å²) in [5.41, 5.74) is 2.69. The van der Waals surface area contributed by atoms with Gasteiger partial charge in [0, 0.05) is 31.1 Å². The van der Waals surface area contributed by atoms with Gasteiger partial charge in [-0.2, -0.15) is 0 Å². The molecular weight excluding hydrogens is 436 g/mol. The smallest absolute Gasteiger partial charge is 0.247 e. The van der Waals surface area contributed by atoms with Crippen LogP contribution >= 0.6 is 11.6 Å². The number of nitrogens with zero attached hydrogens (tertiary/aromatic N) is 1. The van der Waals surface area contributed by atoms with Gasteiger partial charge in [-0.1, -0.05) is 84.4 Å². The van der Waals surface area contributed by atoms with Crippen molar-refractivity contribution in [1.82, 2.24) is 10.2 Å². The van der Waals surface area contributed by atoms with E-state index in [1.54, 1.807) is 17.0 Å². The van der Waals surface area contributed by atoms with Crippen molar-refractivity contribution in [3.8, 4) is 0 Å². The minimum atomic E-state index is -0.788.